The summed E-state index contributed by atoms with van der Waals surface area (Å²) in [5.74, 6) is 0.902. The second-order valence-electron chi connectivity index (χ2n) is 7.53. The Morgan fingerprint density at radius 1 is 0.862 bits per heavy atom. The fraction of sp³-hybridized carbons (Fsp3) is 0.304. The van der Waals surface area contributed by atoms with Crippen LogP contribution in [-0.4, -0.2) is 33.6 Å². The molecule has 1 aromatic heterocycles. The Bertz CT molecular complexity index is 980. The van der Waals surface area contributed by atoms with Gasteiger partial charge in [-0.05, 0) is 18.9 Å². The molecule has 6 heteroatoms. The van der Waals surface area contributed by atoms with Gasteiger partial charge in [-0.15, -0.1) is 12.4 Å². The maximum absolute atomic E-state index is 13.5. The number of halogens is 1. The topological polar surface area (TPSA) is 41.4 Å². The lowest BCUT2D eigenvalue weighted by Crippen LogP contribution is -2.46. The molecular weight excluding hydrogens is 384 g/mol. The summed E-state index contributed by atoms with van der Waals surface area (Å²) in [6.45, 7) is 2.19. The average Bonchev–Trinajstić information content (AvgIpc) is 2.99. The number of benzene rings is 2. The van der Waals surface area contributed by atoms with Crippen LogP contribution in [0.25, 0.3) is 22.6 Å². The molecule has 2 aliphatic rings. The highest BCUT2D eigenvalue weighted by atomic mass is 35.5. The van der Waals surface area contributed by atoms with Crippen LogP contribution in [0.1, 0.15) is 25.7 Å². The Balaban J connectivity index is 0.00000205. The molecule has 0 saturated carbocycles. The molecule has 0 spiro atoms. The van der Waals surface area contributed by atoms with Gasteiger partial charge >= 0.3 is 6.03 Å². The number of para-hydroxylation sites is 1. The van der Waals surface area contributed by atoms with E-state index in [2.05, 4.69) is 22.8 Å². The van der Waals surface area contributed by atoms with Crippen LogP contribution in [0.15, 0.2) is 60.8 Å². The minimum atomic E-state index is 0. The van der Waals surface area contributed by atoms with E-state index in [1.807, 2.05) is 52.4 Å². The third-order valence-corrected chi connectivity index (χ3v) is 5.75. The van der Waals surface area contributed by atoms with Gasteiger partial charge in [0.05, 0.1) is 17.6 Å². The molecule has 2 amide bonds. The fourth-order valence-electron chi connectivity index (χ4n) is 4.29. The first-order valence-corrected chi connectivity index (χ1v) is 10.1. The number of aromatic nitrogens is 2. The highest BCUT2D eigenvalue weighted by Gasteiger charge is 2.31. The third kappa shape index (κ3) is 3.51. The molecule has 29 heavy (non-hydrogen) atoms. The minimum Gasteiger partial charge on any atom is -0.324 e. The van der Waals surface area contributed by atoms with Gasteiger partial charge in [-0.2, -0.15) is 0 Å². The van der Waals surface area contributed by atoms with Gasteiger partial charge in [-0.1, -0.05) is 61.4 Å². The van der Waals surface area contributed by atoms with Crippen molar-refractivity contribution >= 4 is 24.1 Å². The molecule has 0 bridgehead atoms. The summed E-state index contributed by atoms with van der Waals surface area (Å²) in [6.07, 6.45) is 6.53. The van der Waals surface area contributed by atoms with E-state index in [1.54, 1.807) is 0 Å². The van der Waals surface area contributed by atoms with Crippen molar-refractivity contribution in [3.63, 3.8) is 0 Å². The lowest BCUT2D eigenvalue weighted by atomic mass is 10.1. The predicted molar refractivity (Wildman–Crippen MR) is 118 cm³/mol. The van der Waals surface area contributed by atoms with Crippen LogP contribution in [0.2, 0.25) is 0 Å². The maximum Gasteiger partial charge on any atom is 0.326 e. The van der Waals surface area contributed by atoms with E-state index in [-0.39, 0.29) is 18.4 Å². The fourth-order valence-corrected chi connectivity index (χ4v) is 4.29. The van der Waals surface area contributed by atoms with Crippen LogP contribution >= 0.6 is 12.4 Å². The van der Waals surface area contributed by atoms with Gasteiger partial charge in [0, 0.05) is 24.2 Å². The summed E-state index contributed by atoms with van der Waals surface area (Å²) >= 11 is 0. The van der Waals surface area contributed by atoms with Gasteiger partial charge in [0.2, 0.25) is 0 Å². The smallest absolute Gasteiger partial charge is 0.324 e. The zero-order chi connectivity index (χ0) is 18.9. The number of rotatable bonds is 1. The zero-order valence-electron chi connectivity index (χ0n) is 16.3. The van der Waals surface area contributed by atoms with Crippen molar-refractivity contribution in [1.29, 1.82) is 0 Å². The van der Waals surface area contributed by atoms with Crippen LogP contribution in [0.3, 0.4) is 0 Å². The van der Waals surface area contributed by atoms with E-state index in [0.717, 1.165) is 54.3 Å². The average molecular weight is 409 g/mol. The van der Waals surface area contributed by atoms with E-state index >= 15 is 0 Å². The number of nitrogens with zero attached hydrogens (tertiary/aromatic N) is 4. The van der Waals surface area contributed by atoms with E-state index in [1.165, 1.54) is 12.8 Å². The summed E-state index contributed by atoms with van der Waals surface area (Å²) in [5.41, 5.74) is 4.17. The number of carbonyl (C=O) groups excluding carboxylic acids is 1. The molecule has 3 heterocycles. The molecule has 0 unspecified atom stereocenters. The summed E-state index contributed by atoms with van der Waals surface area (Å²) in [7, 11) is 0. The molecule has 2 aliphatic heterocycles. The maximum atomic E-state index is 13.5. The van der Waals surface area contributed by atoms with Crippen LogP contribution < -0.4 is 4.90 Å². The van der Waals surface area contributed by atoms with Crippen molar-refractivity contribution in [2.45, 2.75) is 32.4 Å². The Morgan fingerprint density at radius 3 is 2.31 bits per heavy atom. The molecule has 5 nitrogen and oxygen atoms in total. The van der Waals surface area contributed by atoms with Crippen molar-refractivity contribution in [1.82, 2.24) is 14.5 Å². The summed E-state index contributed by atoms with van der Waals surface area (Å²) in [5, 5.41) is 0. The number of amides is 2. The molecule has 150 valence electrons. The first-order chi connectivity index (χ1) is 13.8. The first kappa shape index (κ1) is 19.5. The quantitative estimate of drug-likeness (QED) is 0.540. The molecule has 0 atom stereocenters. The zero-order valence-corrected chi connectivity index (χ0v) is 17.1. The molecule has 5 rings (SSSR count). The number of fused-ring (bicyclic) bond motifs is 3. The molecule has 0 aliphatic carbocycles. The monoisotopic (exact) mass is 408 g/mol. The third-order valence-electron chi connectivity index (χ3n) is 5.75. The normalized spacial score (nSPS) is 15.7. The Morgan fingerprint density at radius 2 is 1.55 bits per heavy atom. The summed E-state index contributed by atoms with van der Waals surface area (Å²) in [4.78, 5) is 22.1. The number of hydrogen-bond acceptors (Lipinski definition) is 2. The molecule has 1 fully saturated rings. The lowest BCUT2D eigenvalue weighted by molar-refractivity contribution is 0.204. The predicted octanol–water partition coefficient (Wildman–Crippen LogP) is 5.41. The van der Waals surface area contributed by atoms with Crippen LogP contribution in [0, 0.1) is 0 Å². The Hall–Kier alpha value is -2.79. The Kier molecular flexibility index (Phi) is 5.58. The highest BCUT2D eigenvalue weighted by molar-refractivity contribution is 5.97. The van der Waals surface area contributed by atoms with E-state index < -0.39 is 0 Å². The highest BCUT2D eigenvalue weighted by Crippen LogP contribution is 2.38. The molecular formula is C23H25ClN4O. The van der Waals surface area contributed by atoms with Crippen LogP contribution in [0.4, 0.5) is 10.5 Å². The number of likely N-dealkylation sites (tertiary alicyclic amines) is 1. The van der Waals surface area contributed by atoms with Crippen molar-refractivity contribution in [2.24, 2.45) is 0 Å². The lowest BCUT2D eigenvalue weighted by Gasteiger charge is -2.35. The molecule has 0 radical (unpaired) electrons. The van der Waals surface area contributed by atoms with Gasteiger partial charge in [0.25, 0.3) is 0 Å². The number of anilines is 1. The van der Waals surface area contributed by atoms with Gasteiger partial charge in [-0.3, -0.25) is 4.90 Å². The van der Waals surface area contributed by atoms with Crippen LogP contribution in [-0.2, 0) is 6.67 Å². The van der Waals surface area contributed by atoms with Gasteiger partial charge in [0.1, 0.15) is 12.5 Å². The SMILES string of the molecule is Cl.O=C(N1CCCCCC1)N1Cn2c(cnc2-c2ccccc2)-c2ccccc21. The van der Waals surface area contributed by atoms with E-state index in [9.17, 15) is 4.79 Å². The van der Waals surface area contributed by atoms with E-state index in [0.29, 0.717) is 6.67 Å². The standard InChI is InChI=1S/C23H24N4O.ClH/c28-23(25-14-8-1-2-9-15-25)27-17-26-21(19-12-6-7-13-20(19)27)16-24-22(26)18-10-4-3-5-11-18;/h3-7,10-13,16H,1-2,8-9,14-15,17H2;1H. The summed E-state index contributed by atoms with van der Waals surface area (Å²) < 4.78 is 2.16. The number of hydrogen-bond donors (Lipinski definition) is 0. The van der Waals surface area contributed by atoms with Crippen molar-refractivity contribution < 1.29 is 4.79 Å². The van der Waals surface area contributed by atoms with Crippen molar-refractivity contribution in [2.75, 3.05) is 18.0 Å². The van der Waals surface area contributed by atoms with Crippen LogP contribution in [0.5, 0.6) is 0 Å². The van der Waals surface area contributed by atoms with E-state index in [4.69, 9.17) is 4.98 Å². The molecule has 0 N–H and O–H groups in total. The second kappa shape index (κ2) is 8.29. The number of imidazole rings is 1. The number of carbonyl (C=O) groups is 1. The second-order valence-corrected chi connectivity index (χ2v) is 7.53. The Labute approximate surface area is 177 Å². The van der Waals surface area contributed by atoms with Crippen molar-refractivity contribution in [3.05, 3.63) is 60.8 Å². The van der Waals surface area contributed by atoms with Gasteiger partial charge < -0.3 is 9.47 Å². The molecule has 1 saturated heterocycles. The van der Waals surface area contributed by atoms with Gasteiger partial charge in [-0.25, -0.2) is 9.78 Å². The minimum absolute atomic E-state index is 0. The van der Waals surface area contributed by atoms with Crippen molar-refractivity contribution in [3.8, 4) is 22.6 Å². The largest absolute Gasteiger partial charge is 0.326 e. The number of urea groups is 1. The molecule has 2 aromatic carbocycles. The summed E-state index contributed by atoms with van der Waals surface area (Å²) in [6, 6.07) is 18.4. The van der Waals surface area contributed by atoms with Gasteiger partial charge in [0.15, 0.2) is 0 Å². The molecule has 3 aromatic rings. The first-order valence-electron chi connectivity index (χ1n) is 10.1.